The van der Waals surface area contributed by atoms with Crippen LogP contribution in [0.1, 0.15) is 26.6 Å². The Labute approximate surface area is 150 Å². The summed E-state index contributed by atoms with van der Waals surface area (Å²) in [5.41, 5.74) is 2.76. The number of halogens is 1. The van der Waals surface area contributed by atoms with Gasteiger partial charge in [-0.25, -0.2) is 0 Å². The van der Waals surface area contributed by atoms with Gasteiger partial charge in [-0.3, -0.25) is 4.79 Å². The summed E-state index contributed by atoms with van der Waals surface area (Å²) in [6.45, 7) is 4.80. The molecule has 24 heavy (non-hydrogen) atoms. The van der Waals surface area contributed by atoms with Crippen molar-refractivity contribution < 1.29 is 9.53 Å². The molecule has 0 saturated carbocycles. The Bertz CT molecular complexity index is 852. The van der Waals surface area contributed by atoms with Crippen molar-refractivity contribution in [1.29, 1.82) is 0 Å². The van der Waals surface area contributed by atoms with Crippen molar-refractivity contribution in [3.05, 3.63) is 74.7 Å². The Morgan fingerprint density at radius 1 is 1.21 bits per heavy atom. The van der Waals surface area contributed by atoms with E-state index >= 15 is 0 Å². The Balaban J connectivity index is 1.73. The standard InChI is InChI=1S/C19H18ClNO2S/c1-13-9-18(14(2)21(13)11-17-7-4-8-24-17)19(22)12-23-16-6-3-5-15(20)10-16/h3-10H,11-12H2,1-2H3. The van der Waals surface area contributed by atoms with Gasteiger partial charge in [-0.2, -0.15) is 0 Å². The van der Waals surface area contributed by atoms with Crippen LogP contribution in [0.25, 0.3) is 0 Å². The number of Topliss-reactive ketones (excluding diaryl/α,β-unsaturated/α-hetero) is 1. The number of hydrogen-bond acceptors (Lipinski definition) is 3. The summed E-state index contributed by atoms with van der Waals surface area (Å²) in [5.74, 6) is 0.573. The molecule has 0 bridgehead atoms. The molecule has 0 saturated heterocycles. The number of thiophene rings is 1. The highest BCUT2D eigenvalue weighted by molar-refractivity contribution is 7.09. The van der Waals surface area contributed by atoms with E-state index in [2.05, 4.69) is 16.0 Å². The van der Waals surface area contributed by atoms with Gasteiger partial charge in [0.15, 0.2) is 6.61 Å². The van der Waals surface area contributed by atoms with Crippen LogP contribution in [0, 0.1) is 13.8 Å². The molecule has 124 valence electrons. The zero-order chi connectivity index (χ0) is 17.1. The van der Waals surface area contributed by atoms with Crippen molar-refractivity contribution in [3.63, 3.8) is 0 Å². The normalized spacial score (nSPS) is 10.8. The van der Waals surface area contributed by atoms with Gasteiger partial charge in [0.1, 0.15) is 5.75 Å². The van der Waals surface area contributed by atoms with Crippen molar-refractivity contribution in [2.45, 2.75) is 20.4 Å². The lowest BCUT2D eigenvalue weighted by atomic mass is 10.1. The smallest absolute Gasteiger partial charge is 0.202 e. The van der Waals surface area contributed by atoms with Gasteiger partial charge in [0.05, 0.1) is 6.54 Å². The monoisotopic (exact) mass is 359 g/mol. The van der Waals surface area contributed by atoms with E-state index in [-0.39, 0.29) is 12.4 Å². The third-order valence-corrected chi connectivity index (χ3v) is 5.03. The lowest BCUT2D eigenvalue weighted by molar-refractivity contribution is 0.0921. The van der Waals surface area contributed by atoms with Crippen molar-refractivity contribution in [3.8, 4) is 5.75 Å². The highest BCUT2D eigenvalue weighted by Crippen LogP contribution is 2.21. The van der Waals surface area contributed by atoms with Gasteiger partial charge < -0.3 is 9.30 Å². The SMILES string of the molecule is Cc1cc(C(=O)COc2cccc(Cl)c2)c(C)n1Cc1cccs1. The summed E-state index contributed by atoms with van der Waals surface area (Å²) in [6, 6.07) is 13.1. The van der Waals surface area contributed by atoms with Crippen LogP contribution in [0.3, 0.4) is 0 Å². The van der Waals surface area contributed by atoms with Gasteiger partial charge in [0, 0.05) is 26.9 Å². The van der Waals surface area contributed by atoms with E-state index in [0.717, 1.165) is 17.9 Å². The molecule has 0 aliphatic heterocycles. The van der Waals surface area contributed by atoms with Gasteiger partial charge in [-0.15, -0.1) is 11.3 Å². The lowest BCUT2D eigenvalue weighted by Crippen LogP contribution is -2.13. The molecule has 0 N–H and O–H groups in total. The molecule has 0 aliphatic rings. The highest BCUT2D eigenvalue weighted by atomic mass is 35.5. The van der Waals surface area contributed by atoms with Crippen molar-refractivity contribution in [1.82, 2.24) is 4.57 Å². The van der Waals surface area contributed by atoms with Gasteiger partial charge in [0.2, 0.25) is 5.78 Å². The van der Waals surface area contributed by atoms with Crippen molar-refractivity contribution >= 4 is 28.7 Å². The number of benzene rings is 1. The minimum absolute atomic E-state index is 0.00361. The Morgan fingerprint density at radius 2 is 2.04 bits per heavy atom. The van der Waals surface area contributed by atoms with E-state index in [1.807, 2.05) is 26.0 Å². The zero-order valence-corrected chi connectivity index (χ0v) is 15.2. The van der Waals surface area contributed by atoms with Gasteiger partial charge in [-0.05, 0) is 49.6 Å². The fraction of sp³-hybridized carbons (Fsp3) is 0.211. The van der Waals surface area contributed by atoms with E-state index in [9.17, 15) is 4.79 Å². The molecular formula is C19H18ClNO2S. The predicted octanol–water partition coefficient (Wildman–Crippen LogP) is 5.13. The Kier molecular flexibility index (Phi) is 5.07. The van der Waals surface area contributed by atoms with E-state index in [0.29, 0.717) is 16.3 Å². The molecule has 5 heteroatoms. The summed E-state index contributed by atoms with van der Waals surface area (Å²) in [7, 11) is 0. The van der Waals surface area contributed by atoms with E-state index in [4.69, 9.17) is 16.3 Å². The molecule has 0 spiro atoms. The van der Waals surface area contributed by atoms with Crippen LogP contribution < -0.4 is 4.74 Å². The van der Waals surface area contributed by atoms with Gasteiger partial charge in [-0.1, -0.05) is 23.7 Å². The number of hydrogen-bond donors (Lipinski definition) is 0. The highest BCUT2D eigenvalue weighted by Gasteiger charge is 2.16. The van der Waals surface area contributed by atoms with E-state index in [1.165, 1.54) is 4.88 Å². The summed E-state index contributed by atoms with van der Waals surface area (Å²) < 4.78 is 7.74. The van der Waals surface area contributed by atoms with Crippen LogP contribution in [0.4, 0.5) is 0 Å². The van der Waals surface area contributed by atoms with E-state index < -0.39 is 0 Å². The number of rotatable bonds is 6. The summed E-state index contributed by atoms with van der Waals surface area (Å²) in [5, 5.41) is 2.66. The molecule has 3 aromatic rings. The molecule has 0 atom stereocenters. The van der Waals surface area contributed by atoms with Crippen LogP contribution in [-0.2, 0) is 6.54 Å². The molecular weight excluding hydrogens is 342 g/mol. The summed E-state index contributed by atoms with van der Waals surface area (Å²) in [6.07, 6.45) is 0. The third kappa shape index (κ3) is 3.71. The van der Waals surface area contributed by atoms with Crippen molar-refractivity contribution in [2.75, 3.05) is 6.61 Å². The number of ether oxygens (including phenoxy) is 1. The first-order chi connectivity index (χ1) is 11.5. The number of carbonyl (C=O) groups is 1. The number of nitrogens with zero attached hydrogens (tertiary/aromatic N) is 1. The van der Waals surface area contributed by atoms with Gasteiger partial charge in [0.25, 0.3) is 0 Å². The largest absolute Gasteiger partial charge is 0.485 e. The molecule has 0 amide bonds. The second-order valence-corrected chi connectivity index (χ2v) is 7.09. The first kappa shape index (κ1) is 16.8. The predicted molar refractivity (Wildman–Crippen MR) is 98.6 cm³/mol. The molecule has 2 aromatic heterocycles. The second kappa shape index (κ2) is 7.24. The maximum atomic E-state index is 12.5. The lowest BCUT2D eigenvalue weighted by Gasteiger charge is -2.09. The minimum Gasteiger partial charge on any atom is -0.485 e. The molecule has 0 aliphatic carbocycles. The maximum absolute atomic E-state index is 12.5. The fourth-order valence-electron chi connectivity index (χ4n) is 2.67. The summed E-state index contributed by atoms with van der Waals surface area (Å²) >= 11 is 7.65. The number of aryl methyl sites for hydroxylation is 1. The quantitative estimate of drug-likeness (QED) is 0.571. The Morgan fingerprint density at radius 3 is 2.75 bits per heavy atom. The average molecular weight is 360 g/mol. The molecule has 1 aromatic carbocycles. The minimum atomic E-state index is -0.0273. The third-order valence-electron chi connectivity index (χ3n) is 3.93. The number of aromatic nitrogens is 1. The zero-order valence-electron chi connectivity index (χ0n) is 13.6. The molecule has 0 radical (unpaired) electrons. The van der Waals surface area contributed by atoms with Crippen molar-refractivity contribution in [2.24, 2.45) is 0 Å². The van der Waals surface area contributed by atoms with E-state index in [1.54, 1.807) is 35.6 Å². The first-order valence-electron chi connectivity index (χ1n) is 7.65. The summed E-state index contributed by atoms with van der Waals surface area (Å²) in [4.78, 5) is 13.8. The Hall–Kier alpha value is -2.04. The number of ketones is 1. The molecule has 3 rings (SSSR count). The number of carbonyl (C=O) groups excluding carboxylic acids is 1. The molecule has 3 nitrogen and oxygen atoms in total. The second-order valence-electron chi connectivity index (χ2n) is 5.62. The van der Waals surface area contributed by atoms with Crippen LogP contribution in [0.15, 0.2) is 47.8 Å². The van der Waals surface area contributed by atoms with Gasteiger partial charge >= 0.3 is 0 Å². The molecule has 0 fully saturated rings. The average Bonchev–Trinajstić information content (AvgIpc) is 3.16. The van der Waals surface area contributed by atoms with Crippen LogP contribution in [-0.4, -0.2) is 17.0 Å². The molecule has 0 unspecified atom stereocenters. The first-order valence-corrected chi connectivity index (χ1v) is 8.91. The fourth-order valence-corrected chi connectivity index (χ4v) is 3.54. The molecule has 2 heterocycles. The van der Waals surface area contributed by atoms with Crippen LogP contribution >= 0.6 is 22.9 Å². The van der Waals surface area contributed by atoms with Crippen LogP contribution in [0.5, 0.6) is 5.75 Å². The van der Waals surface area contributed by atoms with Crippen LogP contribution in [0.2, 0.25) is 5.02 Å². The topological polar surface area (TPSA) is 31.2 Å². The maximum Gasteiger partial charge on any atom is 0.202 e.